The van der Waals surface area contributed by atoms with Crippen molar-refractivity contribution in [1.82, 2.24) is 0 Å². The summed E-state index contributed by atoms with van der Waals surface area (Å²) in [7, 11) is -3.55. The highest BCUT2D eigenvalue weighted by Gasteiger charge is 2.26. The number of nitrogens with two attached hydrogens (primary N) is 1. The molecule has 1 aliphatic carbocycles. The number of thiophene rings is 1. The second-order valence-electron chi connectivity index (χ2n) is 6.46. The van der Waals surface area contributed by atoms with Gasteiger partial charge in [0.1, 0.15) is 5.00 Å². The van der Waals surface area contributed by atoms with E-state index in [9.17, 15) is 22.8 Å². The summed E-state index contributed by atoms with van der Waals surface area (Å²) in [6, 6.07) is 3.62. The van der Waals surface area contributed by atoms with Crippen LogP contribution in [0.1, 0.15) is 37.6 Å². The zero-order valence-electron chi connectivity index (χ0n) is 15.3. The number of hydrogen-bond donors (Lipinski definition) is 2. The van der Waals surface area contributed by atoms with Crippen LogP contribution in [0, 0.1) is 0 Å². The molecule has 1 aliphatic rings. The Labute approximate surface area is 175 Å². The molecule has 11 heteroatoms. The highest BCUT2D eigenvalue weighted by molar-refractivity contribution is 7.90. The van der Waals surface area contributed by atoms with Crippen LogP contribution in [-0.4, -0.2) is 39.1 Å². The standard InChI is InChI=1S/C18H17ClN2O6S2/c1-29(25,26)9-5-6-12(19)11(7-9)18(24)27-8-14(22)21-17-15(16(20)23)10-3-2-4-13(10)28-17/h5-7H,2-4,8H2,1H3,(H2,20,23)(H,21,22). The molecule has 0 radical (unpaired) electrons. The Hall–Kier alpha value is -2.43. The lowest BCUT2D eigenvalue weighted by atomic mass is 10.1. The molecule has 154 valence electrons. The van der Waals surface area contributed by atoms with E-state index in [-0.39, 0.29) is 15.5 Å². The van der Waals surface area contributed by atoms with Gasteiger partial charge in [-0.05, 0) is 43.0 Å². The molecule has 3 N–H and O–H groups in total. The molecule has 2 aromatic rings. The summed E-state index contributed by atoms with van der Waals surface area (Å²) in [5.74, 6) is -2.23. The van der Waals surface area contributed by atoms with Crippen LogP contribution in [0.4, 0.5) is 5.00 Å². The summed E-state index contributed by atoms with van der Waals surface area (Å²) >= 11 is 7.22. The largest absolute Gasteiger partial charge is 0.452 e. The Kier molecular flexibility index (Phi) is 5.97. The van der Waals surface area contributed by atoms with E-state index in [0.717, 1.165) is 42.0 Å². The topological polar surface area (TPSA) is 133 Å². The number of benzene rings is 1. The van der Waals surface area contributed by atoms with E-state index < -0.39 is 34.2 Å². The van der Waals surface area contributed by atoms with Gasteiger partial charge in [0.25, 0.3) is 11.8 Å². The van der Waals surface area contributed by atoms with Crippen molar-refractivity contribution in [3.05, 3.63) is 44.8 Å². The first-order chi connectivity index (χ1) is 13.6. The van der Waals surface area contributed by atoms with Crippen LogP contribution in [-0.2, 0) is 32.2 Å². The van der Waals surface area contributed by atoms with E-state index in [2.05, 4.69) is 5.32 Å². The predicted molar refractivity (Wildman–Crippen MR) is 108 cm³/mol. The molecular weight excluding hydrogens is 440 g/mol. The van der Waals surface area contributed by atoms with E-state index in [0.29, 0.717) is 10.6 Å². The van der Waals surface area contributed by atoms with E-state index in [1.807, 2.05) is 0 Å². The van der Waals surface area contributed by atoms with Crippen molar-refractivity contribution < 1.29 is 27.5 Å². The quantitative estimate of drug-likeness (QED) is 0.640. The smallest absolute Gasteiger partial charge is 0.340 e. The molecule has 0 aliphatic heterocycles. The minimum Gasteiger partial charge on any atom is -0.452 e. The maximum absolute atomic E-state index is 12.2. The van der Waals surface area contributed by atoms with Crippen molar-refractivity contribution in [3.8, 4) is 0 Å². The lowest BCUT2D eigenvalue weighted by Gasteiger charge is -2.09. The van der Waals surface area contributed by atoms with E-state index in [1.54, 1.807) is 0 Å². The Morgan fingerprint density at radius 1 is 1.28 bits per heavy atom. The summed E-state index contributed by atoms with van der Waals surface area (Å²) in [6.45, 7) is -0.640. The molecule has 1 heterocycles. The van der Waals surface area contributed by atoms with Crippen molar-refractivity contribution in [2.75, 3.05) is 18.2 Å². The molecule has 0 unspecified atom stereocenters. The maximum atomic E-state index is 12.2. The molecule has 29 heavy (non-hydrogen) atoms. The number of aryl methyl sites for hydroxylation is 1. The number of rotatable bonds is 6. The summed E-state index contributed by atoms with van der Waals surface area (Å²) in [5, 5.41) is 2.88. The van der Waals surface area contributed by atoms with Crippen molar-refractivity contribution in [3.63, 3.8) is 0 Å². The average Bonchev–Trinajstić information content (AvgIpc) is 3.19. The first kappa shape index (κ1) is 21.3. The number of sulfone groups is 1. The van der Waals surface area contributed by atoms with Gasteiger partial charge in [0.15, 0.2) is 16.4 Å². The van der Waals surface area contributed by atoms with Gasteiger partial charge >= 0.3 is 5.97 Å². The first-order valence-corrected chi connectivity index (χ1v) is 11.6. The number of carbonyl (C=O) groups is 3. The Bertz CT molecular complexity index is 1120. The van der Waals surface area contributed by atoms with E-state index in [4.69, 9.17) is 22.1 Å². The van der Waals surface area contributed by atoms with Gasteiger partial charge in [0.2, 0.25) is 0 Å². The Morgan fingerprint density at radius 2 is 2.00 bits per heavy atom. The Balaban J connectivity index is 1.69. The fourth-order valence-electron chi connectivity index (χ4n) is 3.02. The molecule has 0 saturated heterocycles. The summed E-state index contributed by atoms with van der Waals surface area (Å²) in [6.07, 6.45) is 3.47. The lowest BCUT2D eigenvalue weighted by Crippen LogP contribution is -2.23. The van der Waals surface area contributed by atoms with Gasteiger partial charge < -0.3 is 15.8 Å². The van der Waals surface area contributed by atoms with Crippen molar-refractivity contribution in [1.29, 1.82) is 0 Å². The van der Waals surface area contributed by atoms with Crippen LogP contribution in [0.25, 0.3) is 0 Å². The molecular formula is C18H17ClN2O6S2. The lowest BCUT2D eigenvalue weighted by molar-refractivity contribution is -0.119. The molecule has 3 rings (SSSR count). The normalized spacial score (nSPS) is 13.0. The molecule has 1 aromatic heterocycles. The minimum atomic E-state index is -3.55. The minimum absolute atomic E-state index is 0.00601. The number of fused-ring (bicyclic) bond motifs is 1. The third-order valence-electron chi connectivity index (χ3n) is 4.34. The number of hydrogen-bond acceptors (Lipinski definition) is 7. The summed E-state index contributed by atoms with van der Waals surface area (Å²) in [5.41, 5.74) is 6.43. The van der Waals surface area contributed by atoms with E-state index >= 15 is 0 Å². The highest BCUT2D eigenvalue weighted by atomic mass is 35.5. The van der Waals surface area contributed by atoms with Gasteiger partial charge in [-0.15, -0.1) is 11.3 Å². The highest BCUT2D eigenvalue weighted by Crippen LogP contribution is 2.38. The second-order valence-corrected chi connectivity index (χ2v) is 9.99. The van der Waals surface area contributed by atoms with Gasteiger partial charge in [-0.1, -0.05) is 11.6 Å². The van der Waals surface area contributed by atoms with Gasteiger partial charge in [0.05, 0.1) is 21.0 Å². The van der Waals surface area contributed by atoms with Crippen LogP contribution >= 0.6 is 22.9 Å². The number of halogens is 1. The van der Waals surface area contributed by atoms with Crippen molar-refractivity contribution >= 4 is 55.6 Å². The van der Waals surface area contributed by atoms with Crippen LogP contribution in [0.3, 0.4) is 0 Å². The zero-order valence-corrected chi connectivity index (χ0v) is 17.7. The number of primary amides is 1. The second kappa shape index (κ2) is 8.13. The molecule has 0 saturated carbocycles. The number of ether oxygens (including phenoxy) is 1. The zero-order chi connectivity index (χ0) is 21.3. The van der Waals surface area contributed by atoms with Gasteiger partial charge in [-0.3, -0.25) is 9.59 Å². The number of carbonyl (C=O) groups excluding carboxylic acids is 3. The Morgan fingerprint density at radius 3 is 2.66 bits per heavy atom. The molecule has 0 atom stereocenters. The number of esters is 1. The monoisotopic (exact) mass is 456 g/mol. The number of anilines is 1. The summed E-state index contributed by atoms with van der Waals surface area (Å²) < 4.78 is 28.2. The number of nitrogens with one attached hydrogen (secondary N) is 1. The maximum Gasteiger partial charge on any atom is 0.340 e. The van der Waals surface area contributed by atoms with E-state index in [1.165, 1.54) is 23.5 Å². The molecule has 0 spiro atoms. The summed E-state index contributed by atoms with van der Waals surface area (Å²) in [4.78, 5) is 37.1. The molecule has 2 amide bonds. The fraction of sp³-hybridized carbons (Fsp3) is 0.278. The predicted octanol–water partition coefficient (Wildman–Crippen LogP) is 2.19. The first-order valence-electron chi connectivity index (χ1n) is 8.49. The number of amides is 2. The molecule has 0 bridgehead atoms. The van der Waals surface area contributed by atoms with Crippen molar-refractivity contribution in [2.24, 2.45) is 5.73 Å². The van der Waals surface area contributed by atoms with Crippen molar-refractivity contribution in [2.45, 2.75) is 24.2 Å². The van der Waals surface area contributed by atoms with Crippen LogP contribution in [0.15, 0.2) is 23.1 Å². The molecule has 8 nitrogen and oxygen atoms in total. The van der Waals surface area contributed by atoms with Crippen LogP contribution in [0.5, 0.6) is 0 Å². The van der Waals surface area contributed by atoms with Crippen LogP contribution < -0.4 is 11.1 Å². The van der Waals surface area contributed by atoms with Gasteiger partial charge in [0, 0.05) is 11.1 Å². The third kappa shape index (κ3) is 4.60. The average molecular weight is 457 g/mol. The van der Waals surface area contributed by atoms with Crippen LogP contribution in [0.2, 0.25) is 5.02 Å². The fourth-order valence-corrected chi connectivity index (χ4v) is 5.17. The molecule has 1 aromatic carbocycles. The van der Waals surface area contributed by atoms with Gasteiger partial charge in [-0.25, -0.2) is 13.2 Å². The SMILES string of the molecule is CS(=O)(=O)c1ccc(Cl)c(C(=O)OCC(=O)Nc2sc3c(c2C(N)=O)CCC3)c1. The van der Waals surface area contributed by atoms with Gasteiger partial charge in [-0.2, -0.15) is 0 Å². The third-order valence-corrected chi connectivity index (χ3v) is 6.99. The molecule has 0 fully saturated rings.